The van der Waals surface area contributed by atoms with Gasteiger partial charge in [-0.3, -0.25) is 9.59 Å². The minimum Gasteiger partial charge on any atom is -0.341 e. The van der Waals surface area contributed by atoms with Gasteiger partial charge in [0.15, 0.2) is 0 Å². The maximum absolute atomic E-state index is 13.0. The molecule has 2 amide bonds. The maximum atomic E-state index is 13.0. The summed E-state index contributed by atoms with van der Waals surface area (Å²) in [5.41, 5.74) is 0.394. The zero-order valence-electron chi connectivity index (χ0n) is 16.0. The first-order valence-corrected chi connectivity index (χ1v) is 9.57. The summed E-state index contributed by atoms with van der Waals surface area (Å²) < 4.78 is 0. The van der Waals surface area contributed by atoms with E-state index in [1.165, 1.54) is 0 Å². The summed E-state index contributed by atoms with van der Waals surface area (Å²) in [6.45, 7) is 11.5. The zero-order chi connectivity index (χ0) is 19.0. The van der Waals surface area contributed by atoms with E-state index in [-0.39, 0.29) is 17.7 Å². The van der Waals surface area contributed by atoms with Crippen LogP contribution in [0.2, 0.25) is 5.02 Å². The molecule has 25 heavy (non-hydrogen) atoms. The number of likely N-dealkylation sites (N-methyl/N-ethyl adjacent to an activating group) is 1. The van der Waals surface area contributed by atoms with Crippen molar-refractivity contribution in [3.05, 3.63) is 34.9 Å². The van der Waals surface area contributed by atoms with Crippen LogP contribution in [0.15, 0.2) is 24.3 Å². The van der Waals surface area contributed by atoms with Crippen LogP contribution >= 0.6 is 11.6 Å². The van der Waals surface area contributed by atoms with Crippen LogP contribution in [-0.4, -0.2) is 35.8 Å². The van der Waals surface area contributed by atoms with Crippen LogP contribution in [0.25, 0.3) is 0 Å². The van der Waals surface area contributed by atoms with Gasteiger partial charge in [-0.2, -0.15) is 0 Å². The number of hydrogen-bond donors (Lipinski definition) is 1. The van der Waals surface area contributed by atoms with E-state index in [4.69, 9.17) is 11.6 Å². The molecular weight excluding hydrogens is 336 g/mol. The van der Waals surface area contributed by atoms with Crippen molar-refractivity contribution in [2.45, 2.75) is 53.5 Å². The molecule has 1 N–H and O–H groups in total. The van der Waals surface area contributed by atoms with Crippen molar-refractivity contribution in [2.75, 3.05) is 13.1 Å². The highest BCUT2D eigenvalue weighted by Gasteiger charge is 2.29. The summed E-state index contributed by atoms with van der Waals surface area (Å²) in [6, 6.07) is 6.32. The monoisotopic (exact) mass is 366 g/mol. The van der Waals surface area contributed by atoms with Crippen molar-refractivity contribution < 1.29 is 9.59 Å². The molecule has 0 aliphatic heterocycles. The lowest BCUT2D eigenvalue weighted by Crippen LogP contribution is -2.52. The van der Waals surface area contributed by atoms with Gasteiger partial charge in [0.2, 0.25) is 5.91 Å². The van der Waals surface area contributed by atoms with Gasteiger partial charge in [0, 0.05) is 13.1 Å². The number of rotatable bonds is 9. The van der Waals surface area contributed by atoms with Gasteiger partial charge in [0.05, 0.1) is 10.6 Å². The molecule has 1 aromatic rings. The Bertz CT molecular complexity index is 571. The summed E-state index contributed by atoms with van der Waals surface area (Å²) in [5, 5.41) is 3.27. The van der Waals surface area contributed by atoms with Crippen LogP contribution in [-0.2, 0) is 4.79 Å². The van der Waals surface area contributed by atoms with Crippen LogP contribution in [0.3, 0.4) is 0 Å². The Morgan fingerprint density at radius 2 is 1.72 bits per heavy atom. The second-order valence-electron chi connectivity index (χ2n) is 6.73. The molecule has 0 radical (unpaired) electrons. The van der Waals surface area contributed by atoms with Crippen LogP contribution in [0.5, 0.6) is 0 Å². The predicted octanol–water partition coefficient (Wildman–Crippen LogP) is 4.38. The average molecular weight is 367 g/mol. The Hall–Kier alpha value is -1.55. The SMILES string of the molecule is CCC(CC)CN(CC)C(=O)C(NC(=O)c1ccccc1Cl)C(C)C. The number of nitrogens with one attached hydrogen (secondary N) is 1. The smallest absolute Gasteiger partial charge is 0.253 e. The Kier molecular flexibility index (Phi) is 8.98. The minimum atomic E-state index is -0.557. The van der Waals surface area contributed by atoms with Gasteiger partial charge in [-0.15, -0.1) is 0 Å². The molecule has 0 fully saturated rings. The van der Waals surface area contributed by atoms with Gasteiger partial charge < -0.3 is 10.2 Å². The highest BCUT2D eigenvalue weighted by molar-refractivity contribution is 6.33. The van der Waals surface area contributed by atoms with E-state index in [1.807, 2.05) is 25.7 Å². The number of hydrogen-bond acceptors (Lipinski definition) is 2. The molecule has 0 spiro atoms. The van der Waals surface area contributed by atoms with Gasteiger partial charge in [-0.1, -0.05) is 64.3 Å². The first-order valence-electron chi connectivity index (χ1n) is 9.19. The van der Waals surface area contributed by atoms with Crippen molar-refractivity contribution >= 4 is 23.4 Å². The lowest BCUT2D eigenvalue weighted by molar-refractivity contribution is -0.134. The molecule has 1 aromatic carbocycles. The number of halogens is 1. The molecule has 1 rings (SSSR count). The van der Waals surface area contributed by atoms with E-state index in [9.17, 15) is 9.59 Å². The lowest BCUT2D eigenvalue weighted by atomic mass is 9.99. The predicted molar refractivity (Wildman–Crippen MR) is 104 cm³/mol. The third-order valence-corrected chi connectivity index (χ3v) is 4.99. The fourth-order valence-electron chi connectivity index (χ4n) is 2.81. The molecule has 0 saturated carbocycles. The summed E-state index contributed by atoms with van der Waals surface area (Å²) in [5.74, 6) is 0.145. The number of amides is 2. The van der Waals surface area contributed by atoms with E-state index in [0.717, 1.165) is 19.4 Å². The molecule has 140 valence electrons. The number of carbonyl (C=O) groups is 2. The third kappa shape index (κ3) is 6.03. The van der Waals surface area contributed by atoms with Crippen LogP contribution in [0.1, 0.15) is 57.8 Å². The number of carbonyl (C=O) groups excluding carboxylic acids is 2. The summed E-state index contributed by atoms with van der Waals surface area (Å²) >= 11 is 6.10. The maximum Gasteiger partial charge on any atom is 0.253 e. The average Bonchev–Trinajstić information content (AvgIpc) is 2.60. The minimum absolute atomic E-state index is 0.00492. The molecule has 0 aliphatic rings. The number of benzene rings is 1. The fraction of sp³-hybridized carbons (Fsp3) is 0.600. The molecule has 0 saturated heterocycles. The zero-order valence-corrected chi connectivity index (χ0v) is 16.8. The number of nitrogens with zero attached hydrogens (tertiary/aromatic N) is 1. The highest BCUT2D eigenvalue weighted by atomic mass is 35.5. The van der Waals surface area contributed by atoms with Gasteiger partial charge in [0.25, 0.3) is 5.91 Å². The van der Waals surface area contributed by atoms with Gasteiger partial charge in [-0.05, 0) is 30.9 Å². The first kappa shape index (κ1) is 21.5. The molecule has 1 unspecified atom stereocenters. The van der Waals surface area contributed by atoms with Crippen LogP contribution < -0.4 is 5.32 Å². The summed E-state index contributed by atoms with van der Waals surface area (Å²) in [4.78, 5) is 27.4. The second-order valence-corrected chi connectivity index (χ2v) is 7.14. The largest absolute Gasteiger partial charge is 0.341 e. The van der Waals surface area contributed by atoms with Crippen LogP contribution in [0, 0.1) is 11.8 Å². The van der Waals surface area contributed by atoms with Crippen molar-refractivity contribution in [1.82, 2.24) is 10.2 Å². The first-order chi connectivity index (χ1) is 11.8. The molecule has 0 aromatic heterocycles. The van der Waals surface area contributed by atoms with Crippen LogP contribution in [0.4, 0.5) is 0 Å². The highest BCUT2D eigenvalue weighted by Crippen LogP contribution is 2.17. The van der Waals surface area contributed by atoms with Gasteiger partial charge >= 0.3 is 0 Å². The van der Waals surface area contributed by atoms with E-state index in [1.54, 1.807) is 24.3 Å². The second kappa shape index (κ2) is 10.4. The van der Waals surface area contributed by atoms with Crippen molar-refractivity contribution in [2.24, 2.45) is 11.8 Å². The van der Waals surface area contributed by atoms with Gasteiger partial charge in [-0.25, -0.2) is 0 Å². The Balaban J connectivity index is 2.92. The fourth-order valence-corrected chi connectivity index (χ4v) is 3.03. The Morgan fingerprint density at radius 3 is 2.20 bits per heavy atom. The van der Waals surface area contributed by atoms with E-state index < -0.39 is 6.04 Å². The summed E-state index contributed by atoms with van der Waals surface area (Å²) in [6.07, 6.45) is 2.08. The third-order valence-electron chi connectivity index (χ3n) is 4.66. The molecule has 0 heterocycles. The van der Waals surface area contributed by atoms with Crippen molar-refractivity contribution in [1.29, 1.82) is 0 Å². The van der Waals surface area contributed by atoms with Crippen molar-refractivity contribution in [3.8, 4) is 0 Å². The normalized spacial score (nSPS) is 12.3. The molecule has 0 aliphatic carbocycles. The topological polar surface area (TPSA) is 49.4 Å². The molecular formula is C20H31ClN2O2. The Labute approximate surface area is 156 Å². The molecule has 0 bridgehead atoms. The van der Waals surface area contributed by atoms with E-state index >= 15 is 0 Å². The Morgan fingerprint density at radius 1 is 1.12 bits per heavy atom. The van der Waals surface area contributed by atoms with E-state index in [2.05, 4.69) is 19.2 Å². The van der Waals surface area contributed by atoms with Crippen molar-refractivity contribution in [3.63, 3.8) is 0 Å². The quantitative estimate of drug-likeness (QED) is 0.705. The molecule has 5 heteroatoms. The standard InChI is InChI=1S/C20H31ClN2O2/c1-6-15(7-2)13-23(8-3)20(25)18(14(4)5)22-19(24)16-11-9-10-12-17(16)21/h9-12,14-15,18H,6-8,13H2,1-5H3,(H,22,24). The summed E-state index contributed by atoms with van der Waals surface area (Å²) in [7, 11) is 0. The molecule has 1 atom stereocenters. The van der Waals surface area contributed by atoms with Gasteiger partial charge in [0.1, 0.15) is 6.04 Å². The van der Waals surface area contributed by atoms with E-state index in [0.29, 0.717) is 23.0 Å². The lowest BCUT2D eigenvalue weighted by Gasteiger charge is -2.31. The molecule has 4 nitrogen and oxygen atoms in total.